The summed E-state index contributed by atoms with van der Waals surface area (Å²) in [6, 6.07) is 0. The van der Waals surface area contributed by atoms with Crippen molar-refractivity contribution >= 4 is 0 Å². The Labute approximate surface area is 120 Å². The van der Waals surface area contributed by atoms with Crippen molar-refractivity contribution in [1.29, 1.82) is 0 Å². The van der Waals surface area contributed by atoms with E-state index in [0.717, 1.165) is 0 Å². The first kappa shape index (κ1) is 16.7. The lowest BCUT2D eigenvalue weighted by Gasteiger charge is -2.16. The molecule has 22 heavy (non-hydrogen) atoms. The third-order valence-electron chi connectivity index (χ3n) is 3.24. The zero-order valence-corrected chi connectivity index (χ0v) is 10.9. The van der Waals surface area contributed by atoms with Gasteiger partial charge < -0.3 is 20.1 Å². The van der Waals surface area contributed by atoms with Crippen LogP contribution in [0.3, 0.4) is 0 Å². The molecule has 0 spiro atoms. The molecule has 0 aromatic carbocycles. The molecule has 0 saturated carbocycles. The fraction of sp³-hybridized carbons (Fsp3) is 0.636. The van der Waals surface area contributed by atoms with E-state index in [2.05, 4.69) is 0 Å². The number of nitrogens with zero attached hydrogens (tertiary/aromatic N) is 1. The molecule has 0 bridgehead atoms. The second kappa shape index (κ2) is 5.83. The number of ether oxygens (including phenoxy) is 1. The third-order valence-corrected chi connectivity index (χ3v) is 3.24. The van der Waals surface area contributed by atoms with Gasteiger partial charge in [0.15, 0.2) is 0 Å². The van der Waals surface area contributed by atoms with Crippen LogP contribution < -0.4 is 11.2 Å². The van der Waals surface area contributed by atoms with Crippen molar-refractivity contribution in [3.63, 3.8) is 0 Å². The average molecular weight is 326 g/mol. The third kappa shape index (κ3) is 3.21. The summed E-state index contributed by atoms with van der Waals surface area (Å²) in [4.78, 5) is 24.8. The standard InChI is InChI=1S/C11H13F3N2O6/c12-11(13,14)3-16-1-4(9(20)15-10(16)21)8-7(19)6(18)5(2-17)22-8/h1,5-8,17-19H,2-3H2,(H,15,20,21)/t5-,6-,7-,8+/m1/s1. The van der Waals surface area contributed by atoms with Crippen LogP contribution in [0.15, 0.2) is 15.8 Å². The van der Waals surface area contributed by atoms with Crippen molar-refractivity contribution in [2.75, 3.05) is 6.61 Å². The average Bonchev–Trinajstić information content (AvgIpc) is 2.68. The molecule has 1 saturated heterocycles. The van der Waals surface area contributed by atoms with Crippen LogP contribution in [0, 0.1) is 0 Å². The van der Waals surface area contributed by atoms with Crippen molar-refractivity contribution in [2.24, 2.45) is 0 Å². The van der Waals surface area contributed by atoms with Crippen molar-refractivity contribution in [1.82, 2.24) is 9.55 Å². The highest BCUT2D eigenvalue weighted by atomic mass is 19.4. The van der Waals surface area contributed by atoms with Crippen LogP contribution in [0.1, 0.15) is 11.7 Å². The minimum atomic E-state index is -4.69. The second-order valence-electron chi connectivity index (χ2n) is 4.85. The van der Waals surface area contributed by atoms with Crippen LogP contribution in [-0.4, -0.2) is 56.0 Å². The number of aromatic nitrogens is 2. The topological polar surface area (TPSA) is 125 Å². The van der Waals surface area contributed by atoms with Crippen LogP contribution in [0.2, 0.25) is 0 Å². The van der Waals surface area contributed by atoms with Gasteiger partial charge in [0, 0.05) is 6.20 Å². The van der Waals surface area contributed by atoms with Gasteiger partial charge >= 0.3 is 11.9 Å². The van der Waals surface area contributed by atoms with Crippen molar-refractivity contribution in [3.8, 4) is 0 Å². The van der Waals surface area contributed by atoms with Gasteiger partial charge in [-0.1, -0.05) is 0 Å². The molecule has 4 atom stereocenters. The summed E-state index contributed by atoms with van der Waals surface area (Å²) in [7, 11) is 0. The maximum atomic E-state index is 12.4. The van der Waals surface area contributed by atoms with E-state index < -0.39 is 60.6 Å². The molecular weight excluding hydrogens is 313 g/mol. The number of rotatable bonds is 3. The Hall–Kier alpha value is -1.69. The van der Waals surface area contributed by atoms with E-state index in [1.54, 1.807) is 4.98 Å². The lowest BCUT2D eigenvalue weighted by Crippen LogP contribution is -2.38. The van der Waals surface area contributed by atoms with Gasteiger partial charge in [0.1, 0.15) is 31.0 Å². The van der Waals surface area contributed by atoms with Crippen LogP contribution >= 0.6 is 0 Å². The molecule has 1 aliphatic rings. The zero-order chi connectivity index (χ0) is 16.7. The smallest absolute Gasteiger partial charge is 0.394 e. The first-order valence-electron chi connectivity index (χ1n) is 6.17. The van der Waals surface area contributed by atoms with Crippen molar-refractivity contribution in [2.45, 2.75) is 37.1 Å². The molecule has 1 aliphatic heterocycles. The number of aliphatic hydroxyl groups is 3. The summed E-state index contributed by atoms with van der Waals surface area (Å²) in [6.45, 7) is -2.29. The summed E-state index contributed by atoms with van der Waals surface area (Å²) in [6.07, 6.45) is -9.87. The van der Waals surface area contributed by atoms with Crippen LogP contribution in [-0.2, 0) is 11.3 Å². The Morgan fingerprint density at radius 3 is 2.41 bits per heavy atom. The largest absolute Gasteiger partial charge is 0.406 e. The summed E-state index contributed by atoms with van der Waals surface area (Å²) < 4.78 is 42.4. The van der Waals surface area contributed by atoms with Gasteiger partial charge in [-0.3, -0.25) is 14.3 Å². The molecule has 0 amide bonds. The minimum Gasteiger partial charge on any atom is -0.394 e. The predicted octanol–water partition coefficient (Wildman–Crippen LogP) is -1.75. The summed E-state index contributed by atoms with van der Waals surface area (Å²) in [5.41, 5.74) is -2.76. The SMILES string of the molecule is O=c1[nH]c(=O)n(CC(F)(F)F)cc1[C@@H]1O[C@H](CO)[C@@H](O)[C@H]1O. The van der Waals surface area contributed by atoms with E-state index in [4.69, 9.17) is 9.84 Å². The minimum absolute atomic E-state index is 0.214. The van der Waals surface area contributed by atoms with E-state index in [-0.39, 0.29) is 4.57 Å². The lowest BCUT2D eigenvalue weighted by atomic mass is 10.0. The Balaban J connectivity index is 2.42. The monoisotopic (exact) mass is 326 g/mol. The van der Waals surface area contributed by atoms with Gasteiger partial charge in [0.2, 0.25) is 0 Å². The fourth-order valence-corrected chi connectivity index (χ4v) is 2.20. The Kier molecular flexibility index (Phi) is 4.42. The lowest BCUT2D eigenvalue weighted by molar-refractivity contribution is -0.141. The van der Waals surface area contributed by atoms with Crippen LogP contribution in [0.4, 0.5) is 13.2 Å². The highest BCUT2D eigenvalue weighted by Crippen LogP contribution is 2.31. The molecule has 124 valence electrons. The van der Waals surface area contributed by atoms with Crippen molar-refractivity contribution in [3.05, 3.63) is 32.6 Å². The highest BCUT2D eigenvalue weighted by Gasteiger charge is 2.44. The molecule has 0 aliphatic carbocycles. The molecule has 8 nitrogen and oxygen atoms in total. The number of hydrogen-bond donors (Lipinski definition) is 4. The second-order valence-corrected chi connectivity index (χ2v) is 4.85. The quantitative estimate of drug-likeness (QED) is 0.522. The maximum absolute atomic E-state index is 12.4. The molecular formula is C11H13F3N2O6. The van der Waals surface area contributed by atoms with Gasteiger partial charge in [-0.2, -0.15) is 13.2 Å². The number of nitrogens with one attached hydrogen (secondary N) is 1. The predicted molar refractivity (Wildman–Crippen MR) is 64.1 cm³/mol. The molecule has 4 N–H and O–H groups in total. The molecule has 2 rings (SSSR count). The molecule has 1 fully saturated rings. The molecule has 0 radical (unpaired) electrons. The molecule has 0 unspecified atom stereocenters. The maximum Gasteiger partial charge on any atom is 0.406 e. The van der Waals surface area contributed by atoms with Gasteiger partial charge in [-0.25, -0.2) is 4.79 Å². The number of aliphatic hydroxyl groups excluding tert-OH is 3. The summed E-state index contributed by atoms with van der Waals surface area (Å²) in [5, 5.41) is 28.3. The van der Waals surface area contributed by atoms with Gasteiger partial charge in [0.25, 0.3) is 5.56 Å². The van der Waals surface area contributed by atoms with E-state index >= 15 is 0 Å². The number of H-pyrrole nitrogens is 1. The van der Waals surface area contributed by atoms with Gasteiger partial charge in [-0.15, -0.1) is 0 Å². The number of halogens is 3. The van der Waals surface area contributed by atoms with E-state index in [1.165, 1.54) is 0 Å². The van der Waals surface area contributed by atoms with Crippen molar-refractivity contribution < 1.29 is 33.2 Å². The zero-order valence-electron chi connectivity index (χ0n) is 10.9. The fourth-order valence-electron chi connectivity index (χ4n) is 2.20. The van der Waals surface area contributed by atoms with E-state index in [1.807, 2.05) is 0 Å². The normalized spacial score (nSPS) is 29.0. The Bertz CT molecular complexity index is 654. The Morgan fingerprint density at radius 2 is 1.91 bits per heavy atom. The number of alkyl halides is 3. The van der Waals surface area contributed by atoms with Gasteiger partial charge in [0.05, 0.1) is 12.2 Å². The first-order valence-corrected chi connectivity index (χ1v) is 6.17. The van der Waals surface area contributed by atoms with E-state index in [9.17, 15) is 33.0 Å². The Morgan fingerprint density at radius 1 is 1.27 bits per heavy atom. The number of hydrogen-bond acceptors (Lipinski definition) is 6. The number of aromatic amines is 1. The molecule has 2 heterocycles. The first-order chi connectivity index (χ1) is 10.1. The molecule has 1 aromatic rings. The van der Waals surface area contributed by atoms with E-state index in [0.29, 0.717) is 6.20 Å². The summed E-state index contributed by atoms with van der Waals surface area (Å²) in [5.74, 6) is 0. The van der Waals surface area contributed by atoms with Crippen LogP contribution in [0.5, 0.6) is 0 Å². The molecule has 1 aromatic heterocycles. The van der Waals surface area contributed by atoms with Crippen LogP contribution in [0.25, 0.3) is 0 Å². The molecule has 11 heteroatoms. The highest BCUT2D eigenvalue weighted by molar-refractivity contribution is 5.14. The van der Waals surface area contributed by atoms with Gasteiger partial charge in [-0.05, 0) is 0 Å². The summed E-state index contributed by atoms with van der Waals surface area (Å²) >= 11 is 0.